The van der Waals surface area contributed by atoms with Crippen LogP contribution in [0.15, 0.2) is 30.3 Å². The second-order valence-electron chi connectivity index (χ2n) is 5.56. The van der Waals surface area contributed by atoms with Crippen LogP contribution in [-0.2, 0) is 4.74 Å². The van der Waals surface area contributed by atoms with Crippen LogP contribution >= 0.6 is 11.6 Å². The van der Waals surface area contributed by atoms with Crippen molar-refractivity contribution in [3.8, 4) is 0 Å². The lowest BCUT2D eigenvalue weighted by molar-refractivity contribution is 0.0638. The van der Waals surface area contributed by atoms with E-state index in [1.807, 2.05) is 0 Å². The highest BCUT2D eigenvalue weighted by molar-refractivity contribution is 6.29. The summed E-state index contributed by atoms with van der Waals surface area (Å²) < 4.78 is 4.94. The van der Waals surface area contributed by atoms with E-state index in [4.69, 9.17) is 16.3 Å². The van der Waals surface area contributed by atoms with Gasteiger partial charge in [-0.15, -0.1) is 10.2 Å². The van der Waals surface area contributed by atoms with Gasteiger partial charge in [-0.2, -0.15) is 0 Å². The highest BCUT2D eigenvalue weighted by atomic mass is 35.5. The van der Waals surface area contributed by atoms with Gasteiger partial charge in [-0.3, -0.25) is 19.3 Å². The minimum absolute atomic E-state index is 0.207. The summed E-state index contributed by atoms with van der Waals surface area (Å²) in [7, 11) is 1.55. The molecule has 3 rings (SSSR count). The summed E-state index contributed by atoms with van der Waals surface area (Å²) in [5.74, 6) is -1.02. The second-order valence-corrected chi connectivity index (χ2v) is 5.95. The molecule has 1 aromatic carbocycles. The molecule has 1 aliphatic heterocycles. The molecule has 0 aliphatic carbocycles. The fraction of sp³-hybridized carbons (Fsp3) is 0.235. The number of anilines is 1. The molecule has 1 aromatic heterocycles. The fourth-order valence-electron chi connectivity index (χ4n) is 2.57. The largest absolute Gasteiger partial charge is 0.385 e. The van der Waals surface area contributed by atoms with E-state index in [9.17, 15) is 14.4 Å². The maximum atomic E-state index is 12.5. The molecule has 0 saturated carbocycles. The monoisotopic (exact) mass is 374 g/mol. The van der Waals surface area contributed by atoms with Crippen LogP contribution in [0.2, 0.25) is 5.15 Å². The van der Waals surface area contributed by atoms with Crippen LogP contribution in [0.5, 0.6) is 0 Å². The van der Waals surface area contributed by atoms with Crippen molar-refractivity contribution in [3.05, 3.63) is 52.2 Å². The number of nitrogens with one attached hydrogen (secondary N) is 1. The number of methoxy groups -OCH3 is 1. The number of halogens is 1. The predicted molar refractivity (Wildman–Crippen MR) is 93.3 cm³/mol. The highest BCUT2D eigenvalue weighted by Crippen LogP contribution is 2.24. The molecule has 0 fully saturated rings. The van der Waals surface area contributed by atoms with Gasteiger partial charge in [-0.1, -0.05) is 11.6 Å². The number of hydrogen-bond donors (Lipinski definition) is 1. The third-order valence-electron chi connectivity index (χ3n) is 3.84. The maximum Gasteiger partial charge on any atom is 0.261 e. The summed E-state index contributed by atoms with van der Waals surface area (Å²) in [6.07, 6.45) is 0.546. The standard InChI is InChI=1S/C17H15ClN4O4/c1-26-8-2-7-22-16(24)11-4-3-10(9-12(11)17(22)25)15(23)19-14-6-5-13(18)20-21-14/h3-6,9H,2,7-8H2,1H3,(H,19,21,23). The van der Waals surface area contributed by atoms with Gasteiger partial charge >= 0.3 is 0 Å². The van der Waals surface area contributed by atoms with Gasteiger partial charge < -0.3 is 10.1 Å². The first kappa shape index (κ1) is 18.0. The van der Waals surface area contributed by atoms with Crippen LogP contribution in [0.4, 0.5) is 5.82 Å². The number of ether oxygens (including phenoxy) is 1. The van der Waals surface area contributed by atoms with Gasteiger partial charge in [0.05, 0.1) is 11.1 Å². The Morgan fingerprint density at radius 2 is 1.92 bits per heavy atom. The third kappa shape index (κ3) is 3.56. The average Bonchev–Trinajstić information content (AvgIpc) is 2.88. The first-order valence-corrected chi connectivity index (χ1v) is 8.19. The molecule has 8 nitrogen and oxygen atoms in total. The highest BCUT2D eigenvalue weighted by Gasteiger charge is 2.35. The number of benzene rings is 1. The Labute approximate surface area is 154 Å². The van der Waals surface area contributed by atoms with E-state index in [1.165, 1.54) is 30.3 Å². The van der Waals surface area contributed by atoms with Gasteiger partial charge in [0.2, 0.25) is 0 Å². The minimum atomic E-state index is -0.470. The zero-order valence-corrected chi connectivity index (χ0v) is 14.6. The molecular formula is C17H15ClN4O4. The van der Waals surface area contributed by atoms with E-state index in [-0.39, 0.29) is 40.1 Å². The van der Waals surface area contributed by atoms with Crippen molar-refractivity contribution < 1.29 is 19.1 Å². The zero-order valence-electron chi connectivity index (χ0n) is 13.9. The average molecular weight is 375 g/mol. The van der Waals surface area contributed by atoms with Crippen molar-refractivity contribution >= 4 is 35.1 Å². The van der Waals surface area contributed by atoms with E-state index in [1.54, 1.807) is 7.11 Å². The fourth-order valence-corrected chi connectivity index (χ4v) is 2.67. The Kier molecular flexibility index (Phi) is 5.24. The van der Waals surface area contributed by atoms with E-state index in [2.05, 4.69) is 15.5 Å². The molecule has 2 aromatic rings. The third-order valence-corrected chi connectivity index (χ3v) is 4.04. The van der Waals surface area contributed by atoms with Crippen molar-refractivity contribution in [2.75, 3.05) is 25.6 Å². The summed E-state index contributed by atoms with van der Waals surface area (Å²) in [5, 5.41) is 10.1. The summed E-state index contributed by atoms with van der Waals surface area (Å²) in [4.78, 5) is 38.3. The number of carbonyl (C=O) groups is 3. The van der Waals surface area contributed by atoms with Crippen LogP contribution in [-0.4, -0.2) is 53.1 Å². The Bertz CT molecular complexity index is 870. The number of carbonyl (C=O) groups excluding carboxylic acids is 3. The predicted octanol–water partition coefficient (Wildman–Crippen LogP) is 2.01. The second kappa shape index (κ2) is 7.59. The molecule has 0 radical (unpaired) electrons. The normalized spacial score (nSPS) is 13.1. The molecule has 0 spiro atoms. The van der Waals surface area contributed by atoms with Crippen LogP contribution in [0.25, 0.3) is 0 Å². The van der Waals surface area contributed by atoms with E-state index in [0.29, 0.717) is 13.0 Å². The van der Waals surface area contributed by atoms with Crippen molar-refractivity contribution in [2.45, 2.75) is 6.42 Å². The van der Waals surface area contributed by atoms with E-state index in [0.717, 1.165) is 4.90 Å². The molecule has 26 heavy (non-hydrogen) atoms. The number of amides is 3. The Hall–Kier alpha value is -2.84. The van der Waals surface area contributed by atoms with E-state index >= 15 is 0 Å². The van der Waals surface area contributed by atoms with Gasteiger partial charge in [0.15, 0.2) is 11.0 Å². The summed E-state index contributed by atoms with van der Waals surface area (Å²) in [6.45, 7) is 0.714. The molecule has 0 atom stereocenters. The van der Waals surface area contributed by atoms with Crippen molar-refractivity contribution in [3.63, 3.8) is 0 Å². The molecular weight excluding hydrogens is 360 g/mol. The lowest BCUT2D eigenvalue weighted by atomic mass is 10.1. The molecule has 0 unspecified atom stereocenters. The van der Waals surface area contributed by atoms with Gasteiger partial charge in [0.25, 0.3) is 17.7 Å². The van der Waals surface area contributed by atoms with Crippen molar-refractivity contribution in [2.24, 2.45) is 0 Å². The number of nitrogens with zero attached hydrogens (tertiary/aromatic N) is 3. The van der Waals surface area contributed by atoms with Crippen LogP contribution < -0.4 is 5.32 Å². The quantitative estimate of drug-likeness (QED) is 0.613. The molecule has 0 saturated heterocycles. The Balaban J connectivity index is 1.77. The van der Waals surface area contributed by atoms with Gasteiger partial charge in [0, 0.05) is 25.8 Å². The Morgan fingerprint density at radius 1 is 1.15 bits per heavy atom. The molecule has 134 valence electrons. The van der Waals surface area contributed by atoms with Crippen molar-refractivity contribution in [1.82, 2.24) is 15.1 Å². The van der Waals surface area contributed by atoms with Crippen LogP contribution in [0.3, 0.4) is 0 Å². The van der Waals surface area contributed by atoms with E-state index < -0.39 is 11.8 Å². The topological polar surface area (TPSA) is 101 Å². The minimum Gasteiger partial charge on any atom is -0.385 e. The number of aromatic nitrogens is 2. The summed E-state index contributed by atoms with van der Waals surface area (Å²) >= 11 is 5.65. The first-order valence-electron chi connectivity index (χ1n) is 7.81. The van der Waals surface area contributed by atoms with Gasteiger partial charge in [-0.05, 0) is 36.8 Å². The zero-order chi connectivity index (χ0) is 18.7. The molecule has 1 N–H and O–H groups in total. The number of hydrogen-bond acceptors (Lipinski definition) is 6. The molecule has 9 heteroatoms. The molecule has 2 heterocycles. The summed E-state index contributed by atoms with van der Waals surface area (Å²) in [5.41, 5.74) is 0.734. The van der Waals surface area contributed by atoms with Crippen LogP contribution in [0.1, 0.15) is 37.5 Å². The first-order chi connectivity index (χ1) is 12.5. The summed E-state index contributed by atoms with van der Waals surface area (Å²) in [6, 6.07) is 7.38. The molecule has 3 amide bonds. The van der Waals surface area contributed by atoms with Gasteiger partial charge in [-0.25, -0.2) is 0 Å². The van der Waals surface area contributed by atoms with Crippen molar-refractivity contribution in [1.29, 1.82) is 0 Å². The smallest absolute Gasteiger partial charge is 0.261 e. The number of imide groups is 1. The Morgan fingerprint density at radius 3 is 2.62 bits per heavy atom. The lowest BCUT2D eigenvalue weighted by Gasteiger charge is -2.12. The van der Waals surface area contributed by atoms with Gasteiger partial charge in [0.1, 0.15) is 0 Å². The van der Waals surface area contributed by atoms with Crippen LogP contribution in [0, 0.1) is 0 Å². The lowest BCUT2D eigenvalue weighted by Crippen LogP contribution is -2.31. The maximum absolute atomic E-state index is 12.5. The number of fused-ring (bicyclic) bond motifs is 1. The molecule has 0 bridgehead atoms. The SMILES string of the molecule is COCCCN1C(=O)c2ccc(C(=O)Nc3ccc(Cl)nn3)cc2C1=O. The molecule has 1 aliphatic rings. The number of rotatable bonds is 6.